The van der Waals surface area contributed by atoms with E-state index in [1.165, 1.54) is 22.3 Å². The molecule has 1 aromatic rings. The Morgan fingerprint density at radius 2 is 1.46 bits per heavy atom. The van der Waals surface area contributed by atoms with Gasteiger partial charge in [-0.3, -0.25) is 0 Å². The standard InChI is InChI=1S/C11H17N.ClH/c1-7-5-8(2)11(10(4)12)9(3)6-7;/h5-6,10H,12H2,1-4H3;1H/t10-;/m1./s1. The van der Waals surface area contributed by atoms with Gasteiger partial charge in [-0.15, -0.1) is 12.4 Å². The van der Waals surface area contributed by atoms with Gasteiger partial charge < -0.3 is 5.73 Å². The van der Waals surface area contributed by atoms with Crippen LogP contribution >= 0.6 is 12.4 Å². The van der Waals surface area contributed by atoms with E-state index in [0.717, 1.165) is 0 Å². The summed E-state index contributed by atoms with van der Waals surface area (Å²) in [6.45, 7) is 8.40. The van der Waals surface area contributed by atoms with Crippen molar-refractivity contribution in [2.75, 3.05) is 0 Å². The largest absolute Gasteiger partial charge is 0.324 e. The molecule has 1 rings (SSSR count). The molecule has 0 fully saturated rings. The lowest BCUT2D eigenvalue weighted by molar-refractivity contribution is 0.800. The fourth-order valence-corrected chi connectivity index (χ4v) is 1.91. The van der Waals surface area contributed by atoms with Crippen molar-refractivity contribution in [2.24, 2.45) is 5.73 Å². The molecule has 2 N–H and O–H groups in total. The molecule has 0 radical (unpaired) electrons. The molecular weight excluding hydrogens is 182 g/mol. The Balaban J connectivity index is 0.00000144. The minimum absolute atomic E-state index is 0. The van der Waals surface area contributed by atoms with Crippen LogP contribution in [0.25, 0.3) is 0 Å². The lowest BCUT2D eigenvalue weighted by Crippen LogP contribution is -2.09. The zero-order chi connectivity index (χ0) is 9.30. The van der Waals surface area contributed by atoms with Crippen LogP contribution in [-0.2, 0) is 0 Å². The van der Waals surface area contributed by atoms with Crippen molar-refractivity contribution >= 4 is 12.4 Å². The molecule has 0 unspecified atom stereocenters. The number of nitrogens with two attached hydrogens (primary N) is 1. The number of hydrogen-bond acceptors (Lipinski definition) is 1. The molecule has 74 valence electrons. The van der Waals surface area contributed by atoms with E-state index in [1.54, 1.807) is 0 Å². The summed E-state index contributed by atoms with van der Waals surface area (Å²) in [4.78, 5) is 0. The first kappa shape index (κ1) is 12.5. The van der Waals surface area contributed by atoms with Crippen LogP contribution in [0.3, 0.4) is 0 Å². The summed E-state index contributed by atoms with van der Waals surface area (Å²) in [6, 6.07) is 4.52. The molecule has 0 amide bonds. The van der Waals surface area contributed by atoms with Crippen molar-refractivity contribution in [1.29, 1.82) is 0 Å². The third kappa shape index (κ3) is 2.71. The Hall–Kier alpha value is -0.530. The fraction of sp³-hybridized carbons (Fsp3) is 0.455. The third-order valence-corrected chi connectivity index (χ3v) is 2.19. The average molecular weight is 200 g/mol. The predicted molar refractivity (Wildman–Crippen MR) is 60.5 cm³/mol. The van der Waals surface area contributed by atoms with Gasteiger partial charge in [0.25, 0.3) is 0 Å². The second-order valence-corrected chi connectivity index (χ2v) is 3.60. The highest BCUT2D eigenvalue weighted by atomic mass is 35.5. The minimum atomic E-state index is 0. The highest BCUT2D eigenvalue weighted by Gasteiger charge is 2.06. The van der Waals surface area contributed by atoms with Gasteiger partial charge in [0.15, 0.2) is 0 Å². The number of hydrogen-bond donors (Lipinski definition) is 1. The van der Waals surface area contributed by atoms with Crippen LogP contribution in [0.1, 0.15) is 35.2 Å². The van der Waals surface area contributed by atoms with Crippen LogP contribution in [0, 0.1) is 20.8 Å². The molecule has 1 nitrogen and oxygen atoms in total. The quantitative estimate of drug-likeness (QED) is 0.740. The van der Waals surface area contributed by atoms with E-state index in [1.807, 2.05) is 6.92 Å². The van der Waals surface area contributed by atoms with Crippen molar-refractivity contribution in [3.63, 3.8) is 0 Å². The number of halogens is 1. The molecule has 0 spiro atoms. The van der Waals surface area contributed by atoms with E-state index in [4.69, 9.17) is 5.73 Å². The molecule has 0 saturated carbocycles. The van der Waals surface area contributed by atoms with Gasteiger partial charge in [0.2, 0.25) is 0 Å². The van der Waals surface area contributed by atoms with Crippen molar-refractivity contribution in [3.8, 4) is 0 Å². The smallest absolute Gasteiger partial charge is 0.0271 e. The van der Waals surface area contributed by atoms with Crippen LogP contribution < -0.4 is 5.73 Å². The summed E-state index contributed by atoms with van der Waals surface area (Å²) in [5, 5.41) is 0. The maximum absolute atomic E-state index is 5.87. The molecule has 1 aromatic carbocycles. The second-order valence-electron chi connectivity index (χ2n) is 3.60. The van der Waals surface area contributed by atoms with Crippen LogP contribution in [0.2, 0.25) is 0 Å². The van der Waals surface area contributed by atoms with Gasteiger partial charge in [0.1, 0.15) is 0 Å². The third-order valence-electron chi connectivity index (χ3n) is 2.19. The Bertz CT molecular complexity index is 269. The first-order valence-corrected chi connectivity index (χ1v) is 4.35. The zero-order valence-corrected chi connectivity index (χ0v) is 9.53. The van der Waals surface area contributed by atoms with Gasteiger partial charge in [0.05, 0.1) is 0 Å². The minimum Gasteiger partial charge on any atom is -0.324 e. The highest BCUT2D eigenvalue weighted by Crippen LogP contribution is 2.21. The van der Waals surface area contributed by atoms with E-state index in [-0.39, 0.29) is 18.4 Å². The van der Waals surface area contributed by atoms with E-state index < -0.39 is 0 Å². The van der Waals surface area contributed by atoms with Crippen LogP contribution in [0.4, 0.5) is 0 Å². The van der Waals surface area contributed by atoms with Crippen LogP contribution in [-0.4, -0.2) is 0 Å². The average Bonchev–Trinajstić information content (AvgIpc) is 1.82. The van der Waals surface area contributed by atoms with Crippen molar-refractivity contribution in [3.05, 3.63) is 34.4 Å². The number of aryl methyl sites for hydroxylation is 3. The topological polar surface area (TPSA) is 26.0 Å². The Morgan fingerprint density at radius 3 is 1.77 bits per heavy atom. The fourth-order valence-electron chi connectivity index (χ4n) is 1.91. The number of benzene rings is 1. The van der Waals surface area contributed by atoms with Gasteiger partial charge >= 0.3 is 0 Å². The van der Waals surface area contributed by atoms with Gasteiger partial charge in [-0.1, -0.05) is 17.7 Å². The predicted octanol–water partition coefficient (Wildman–Crippen LogP) is 3.05. The summed E-state index contributed by atoms with van der Waals surface area (Å²) in [5.41, 5.74) is 11.1. The molecule has 0 heterocycles. The normalized spacial score (nSPS) is 12.1. The Kier molecular flexibility index (Phi) is 4.45. The van der Waals surface area contributed by atoms with Gasteiger partial charge in [-0.05, 0) is 44.4 Å². The molecular formula is C11H18ClN. The maximum atomic E-state index is 5.87. The van der Waals surface area contributed by atoms with E-state index in [9.17, 15) is 0 Å². The zero-order valence-electron chi connectivity index (χ0n) is 8.72. The van der Waals surface area contributed by atoms with Crippen LogP contribution in [0.15, 0.2) is 12.1 Å². The Labute approximate surface area is 86.7 Å². The molecule has 0 aliphatic carbocycles. The monoisotopic (exact) mass is 199 g/mol. The lowest BCUT2D eigenvalue weighted by atomic mass is 9.95. The molecule has 0 saturated heterocycles. The Morgan fingerprint density at radius 1 is 1.08 bits per heavy atom. The summed E-state index contributed by atoms with van der Waals surface area (Å²) in [5.74, 6) is 0. The first-order chi connectivity index (χ1) is 5.52. The second kappa shape index (κ2) is 4.64. The molecule has 13 heavy (non-hydrogen) atoms. The van der Waals surface area contributed by atoms with Gasteiger partial charge in [-0.25, -0.2) is 0 Å². The molecule has 0 bridgehead atoms. The maximum Gasteiger partial charge on any atom is 0.0271 e. The van der Waals surface area contributed by atoms with Crippen molar-refractivity contribution in [2.45, 2.75) is 33.7 Å². The first-order valence-electron chi connectivity index (χ1n) is 4.35. The van der Waals surface area contributed by atoms with Gasteiger partial charge in [0, 0.05) is 6.04 Å². The van der Waals surface area contributed by atoms with Gasteiger partial charge in [-0.2, -0.15) is 0 Å². The molecule has 2 heteroatoms. The summed E-state index contributed by atoms with van der Waals surface area (Å²) in [7, 11) is 0. The van der Waals surface area contributed by atoms with Crippen molar-refractivity contribution < 1.29 is 0 Å². The molecule has 1 atom stereocenters. The van der Waals surface area contributed by atoms with Crippen LogP contribution in [0.5, 0.6) is 0 Å². The van der Waals surface area contributed by atoms with E-state index in [2.05, 4.69) is 32.9 Å². The van der Waals surface area contributed by atoms with E-state index in [0.29, 0.717) is 0 Å². The van der Waals surface area contributed by atoms with E-state index >= 15 is 0 Å². The highest BCUT2D eigenvalue weighted by molar-refractivity contribution is 5.85. The molecule has 0 aromatic heterocycles. The molecule has 0 aliphatic rings. The lowest BCUT2D eigenvalue weighted by Gasteiger charge is -2.14. The summed E-state index contributed by atoms with van der Waals surface area (Å²) < 4.78 is 0. The number of rotatable bonds is 1. The SMILES string of the molecule is Cc1cc(C)c([C@@H](C)N)c(C)c1.Cl. The van der Waals surface area contributed by atoms with Crippen molar-refractivity contribution in [1.82, 2.24) is 0 Å². The summed E-state index contributed by atoms with van der Waals surface area (Å²) >= 11 is 0. The summed E-state index contributed by atoms with van der Waals surface area (Å²) in [6.07, 6.45) is 0. The molecule has 0 aliphatic heterocycles.